The number of amides is 1. The van der Waals surface area contributed by atoms with E-state index in [1.165, 1.54) is 24.8 Å². The number of aryl methyl sites for hydroxylation is 1. The maximum Gasteiger partial charge on any atom is 0.248 e. The fourth-order valence-corrected chi connectivity index (χ4v) is 3.63. The van der Waals surface area contributed by atoms with Crippen molar-refractivity contribution in [1.82, 2.24) is 14.7 Å². The van der Waals surface area contributed by atoms with Crippen molar-refractivity contribution >= 4 is 5.91 Å². The summed E-state index contributed by atoms with van der Waals surface area (Å²) in [5, 5.41) is 4.36. The molecule has 3 rings (SSSR count). The third-order valence-electron chi connectivity index (χ3n) is 4.85. The van der Waals surface area contributed by atoms with Gasteiger partial charge in [-0.3, -0.25) is 9.48 Å². The Morgan fingerprint density at radius 1 is 1.27 bits per heavy atom. The molecule has 1 aliphatic carbocycles. The summed E-state index contributed by atoms with van der Waals surface area (Å²) in [5.41, 5.74) is 1.17. The summed E-state index contributed by atoms with van der Waals surface area (Å²) in [6, 6.07) is 0.257. The quantitative estimate of drug-likeness (QED) is 0.840. The second kappa shape index (κ2) is 7.27. The van der Waals surface area contributed by atoms with E-state index in [1.807, 2.05) is 28.9 Å². The fourth-order valence-electron chi connectivity index (χ4n) is 3.63. The van der Waals surface area contributed by atoms with Crippen LogP contribution in [-0.4, -0.2) is 45.9 Å². The van der Waals surface area contributed by atoms with Gasteiger partial charge in [-0.15, -0.1) is 0 Å². The van der Waals surface area contributed by atoms with Crippen LogP contribution in [0.1, 0.15) is 50.5 Å². The first-order valence-corrected chi connectivity index (χ1v) is 8.62. The SMILES string of the molecule is Cc1cnn(C[C@H]2CCCCN2C(=O)COC2CCCC2)c1. The van der Waals surface area contributed by atoms with Gasteiger partial charge in [0.15, 0.2) is 0 Å². The van der Waals surface area contributed by atoms with E-state index in [4.69, 9.17) is 4.74 Å². The number of likely N-dealkylation sites (tertiary alicyclic amines) is 1. The van der Waals surface area contributed by atoms with Crippen molar-refractivity contribution in [2.75, 3.05) is 13.2 Å². The molecule has 5 heteroatoms. The number of rotatable bonds is 5. The first kappa shape index (κ1) is 15.5. The van der Waals surface area contributed by atoms with Crippen LogP contribution in [0.25, 0.3) is 0 Å². The molecule has 0 N–H and O–H groups in total. The molecule has 0 aromatic carbocycles. The summed E-state index contributed by atoms with van der Waals surface area (Å²) >= 11 is 0. The third-order valence-corrected chi connectivity index (χ3v) is 4.85. The van der Waals surface area contributed by atoms with Gasteiger partial charge < -0.3 is 9.64 Å². The van der Waals surface area contributed by atoms with Gasteiger partial charge in [-0.1, -0.05) is 12.8 Å². The summed E-state index contributed by atoms with van der Waals surface area (Å²) in [7, 11) is 0. The van der Waals surface area contributed by atoms with Crippen LogP contribution < -0.4 is 0 Å². The molecule has 0 unspecified atom stereocenters. The summed E-state index contributed by atoms with van der Waals surface area (Å²) < 4.78 is 7.77. The van der Waals surface area contributed by atoms with Crippen molar-refractivity contribution in [2.24, 2.45) is 0 Å². The van der Waals surface area contributed by atoms with Crippen LogP contribution >= 0.6 is 0 Å². The Balaban J connectivity index is 1.55. The first-order valence-electron chi connectivity index (χ1n) is 8.62. The lowest BCUT2D eigenvalue weighted by molar-refractivity contribution is -0.142. The van der Waals surface area contributed by atoms with Gasteiger partial charge in [0.05, 0.1) is 24.9 Å². The molecule has 2 aliphatic rings. The van der Waals surface area contributed by atoms with Crippen LogP contribution in [0.5, 0.6) is 0 Å². The number of ether oxygens (including phenoxy) is 1. The largest absolute Gasteiger partial charge is 0.368 e. The van der Waals surface area contributed by atoms with Gasteiger partial charge in [0.2, 0.25) is 5.91 Å². The Morgan fingerprint density at radius 3 is 2.77 bits per heavy atom. The molecule has 1 amide bonds. The normalized spacial score (nSPS) is 23.1. The topological polar surface area (TPSA) is 47.4 Å². The predicted octanol–water partition coefficient (Wildman–Crippen LogP) is 2.53. The number of piperidine rings is 1. The second-order valence-electron chi connectivity index (χ2n) is 6.69. The zero-order valence-electron chi connectivity index (χ0n) is 13.5. The molecule has 0 bridgehead atoms. The van der Waals surface area contributed by atoms with Crippen molar-refractivity contribution in [3.63, 3.8) is 0 Å². The van der Waals surface area contributed by atoms with Gasteiger partial charge in [-0.2, -0.15) is 5.10 Å². The van der Waals surface area contributed by atoms with E-state index in [9.17, 15) is 4.79 Å². The molecule has 1 aromatic rings. The minimum absolute atomic E-state index is 0.153. The highest BCUT2D eigenvalue weighted by Gasteiger charge is 2.28. The second-order valence-corrected chi connectivity index (χ2v) is 6.69. The number of carbonyl (C=O) groups is 1. The lowest BCUT2D eigenvalue weighted by atomic mass is 10.0. The molecule has 5 nitrogen and oxygen atoms in total. The fraction of sp³-hybridized carbons (Fsp3) is 0.765. The third kappa shape index (κ3) is 3.88. The molecule has 0 radical (unpaired) electrons. The highest BCUT2D eigenvalue weighted by molar-refractivity contribution is 5.77. The van der Waals surface area contributed by atoms with Crippen molar-refractivity contribution in [3.05, 3.63) is 18.0 Å². The Hall–Kier alpha value is -1.36. The minimum Gasteiger partial charge on any atom is -0.368 e. The van der Waals surface area contributed by atoms with E-state index < -0.39 is 0 Å². The Bertz CT molecular complexity index is 494. The van der Waals surface area contributed by atoms with Crippen LogP contribution in [0.15, 0.2) is 12.4 Å². The molecular weight excluding hydrogens is 278 g/mol. The lowest BCUT2D eigenvalue weighted by Gasteiger charge is -2.36. The summed E-state index contributed by atoms with van der Waals surface area (Å²) in [6.07, 6.45) is 12.3. The standard InChI is InChI=1S/C17H27N3O2/c1-14-10-18-19(11-14)12-15-6-4-5-9-20(15)17(21)13-22-16-7-2-3-8-16/h10-11,15-16H,2-9,12-13H2,1H3/t15-/m1/s1. The van der Waals surface area contributed by atoms with E-state index in [1.54, 1.807) is 0 Å². The molecule has 1 aliphatic heterocycles. The van der Waals surface area contributed by atoms with Crippen LogP contribution in [-0.2, 0) is 16.1 Å². The van der Waals surface area contributed by atoms with E-state index in [0.29, 0.717) is 6.10 Å². The minimum atomic E-state index is 0.153. The number of aromatic nitrogens is 2. The summed E-state index contributed by atoms with van der Waals surface area (Å²) in [4.78, 5) is 14.6. The summed E-state index contributed by atoms with van der Waals surface area (Å²) in [5.74, 6) is 0.153. The Labute approximate surface area is 132 Å². The molecule has 2 heterocycles. The van der Waals surface area contributed by atoms with Gasteiger partial charge in [-0.05, 0) is 44.6 Å². The van der Waals surface area contributed by atoms with Crippen LogP contribution in [0.3, 0.4) is 0 Å². The number of carbonyl (C=O) groups excluding carboxylic acids is 1. The van der Waals surface area contributed by atoms with E-state index in [-0.39, 0.29) is 18.6 Å². The van der Waals surface area contributed by atoms with E-state index in [0.717, 1.165) is 38.8 Å². The van der Waals surface area contributed by atoms with Gasteiger partial charge in [-0.25, -0.2) is 0 Å². The molecule has 1 aromatic heterocycles. The average Bonchev–Trinajstić information content (AvgIpc) is 3.17. The van der Waals surface area contributed by atoms with Crippen molar-refractivity contribution in [3.8, 4) is 0 Å². The molecule has 2 fully saturated rings. The molecule has 1 saturated carbocycles. The van der Waals surface area contributed by atoms with Gasteiger partial charge in [0, 0.05) is 12.7 Å². The van der Waals surface area contributed by atoms with Crippen molar-refractivity contribution < 1.29 is 9.53 Å². The van der Waals surface area contributed by atoms with Crippen LogP contribution in [0, 0.1) is 6.92 Å². The van der Waals surface area contributed by atoms with E-state index in [2.05, 4.69) is 5.10 Å². The maximum atomic E-state index is 12.5. The monoisotopic (exact) mass is 305 g/mol. The van der Waals surface area contributed by atoms with Crippen molar-refractivity contribution in [1.29, 1.82) is 0 Å². The Morgan fingerprint density at radius 2 is 2.05 bits per heavy atom. The van der Waals surface area contributed by atoms with Crippen LogP contribution in [0.4, 0.5) is 0 Å². The molecule has 1 saturated heterocycles. The van der Waals surface area contributed by atoms with Gasteiger partial charge in [0.1, 0.15) is 6.61 Å². The zero-order valence-corrected chi connectivity index (χ0v) is 13.5. The van der Waals surface area contributed by atoms with Crippen molar-refractivity contribution in [2.45, 2.75) is 70.6 Å². The van der Waals surface area contributed by atoms with Crippen LogP contribution in [0.2, 0.25) is 0 Å². The highest BCUT2D eigenvalue weighted by Crippen LogP contribution is 2.22. The smallest absolute Gasteiger partial charge is 0.248 e. The molecular formula is C17H27N3O2. The Kier molecular flexibility index (Phi) is 5.13. The molecule has 1 atom stereocenters. The molecule has 122 valence electrons. The molecule has 0 spiro atoms. The maximum absolute atomic E-state index is 12.5. The number of hydrogen-bond acceptors (Lipinski definition) is 3. The highest BCUT2D eigenvalue weighted by atomic mass is 16.5. The predicted molar refractivity (Wildman–Crippen MR) is 84.5 cm³/mol. The molecule has 22 heavy (non-hydrogen) atoms. The van der Waals surface area contributed by atoms with Gasteiger partial charge in [0.25, 0.3) is 0 Å². The zero-order chi connectivity index (χ0) is 15.4. The number of hydrogen-bond donors (Lipinski definition) is 0. The average molecular weight is 305 g/mol. The van der Waals surface area contributed by atoms with E-state index >= 15 is 0 Å². The lowest BCUT2D eigenvalue weighted by Crippen LogP contribution is -2.47. The number of nitrogens with zero attached hydrogens (tertiary/aromatic N) is 3. The van der Waals surface area contributed by atoms with Gasteiger partial charge >= 0.3 is 0 Å². The first-order chi connectivity index (χ1) is 10.7. The summed E-state index contributed by atoms with van der Waals surface area (Å²) in [6.45, 7) is 3.95.